The van der Waals surface area contributed by atoms with Crippen molar-refractivity contribution in [2.24, 2.45) is 0 Å². The van der Waals surface area contributed by atoms with Gasteiger partial charge in [-0.25, -0.2) is 0 Å². The van der Waals surface area contributed by atoms with E-state index in [0.717, 1.165) is 23.2 Å². The molecule has 0 saturated carbocycles. The molecular formula is C13H15NO3. The number of hydrogen-bond acceptors (Lipinski definition) is 2. The second-order valence-electron chi connectivity index (χ2n) is 4.34. The number of anilines is 1. The first-order chi connectivity index (χ1) is 8.10. The summed E-state index contributed by atoms with van der Waals surface area (Å²) in [5.74, 6) is -0.761. The molecule has 0 aliphatic carbocycles. The maximum Gasteiger partial charge on any atom is 0.303 e. The molecule has 1 aromatic rings. The largest absolute Gasteiger partial charge is 0.481 e. The molecule has 1 amide bonds. The van der Waals surface area contributed by atoms with Gasteiger partial charge in [0.1, 0.15) is 0 Å². The number of benzene rings is 1. The van der Waals surface area contributed by atoms with E-state index in [1.54, 1.807) is 0 Å². The third kappa shape index (κ3) is 2.46. The molecule has 1 aliphatic rings. The normalized spacial score (nSPS) is 15.2. The zero-order valence-electron chi connectivity index (χ0n) is 9.69. The highest BCUT2D eigenvalue weighted by Crippen LogP contribution is 2.30. The van der Waals surface area contributed by atoms with Crippen molar-refractivity contribution < 1.29 is 14.7 Å². The van der Waals surface area contributed by atoms with Crippen LogP contribution in [0, 0.1) is 0 Å². The highest BCUT2D eigenvalue weighted by atomic mass is 16.4. The minimum atomic E-state index is -0.786. The van der Waals surface area contributed by atoms with E-state index in [1.165, 1.54) is 0 Å². The third-order valence-corrected chi connectivity index (χ3v) is 3.14. The van der Waals surface area contributed by atoms with Gasteiger partial charge >= 0.3 is 5.97 Å². The van der Waals surface area contributed by atoms with Crippen LogP contribution < -0.4 is 5.32 Å². The monoisotopic (exact) mass is 233 g/mol. The lowest BCUT2D eigenvalue weighted by Gasteiger charge is -2.13. The summed E-state index contributed by atoms with van der Waals surface area (Å²) in [6, 6.07) is 5.71. The van der Waals surface area contributed by atoms with Crippen LogP contribution >= 0.6 is 0 Å². The van der Waals surface area contributed by atoms with E-state index in [1.807, 2.05) is 25.1 Å². The molecule has 0 spiro atoms. The van der Waals surface area contributed by atoms with Crippen molar-refractivity contribution in [3.8, 4) is 0 Å². The van der Waals surface area contributed by atoms with E-state index in [0.29, 0.717) is 6.42 Å². The predicted molar refractivity (Wildman–Crippen MR) is 64.1 cm³/mol. The summed E-state index contributed by atoms with van der Waals surface area (Å²) >= 11 is 0. The Kier molecular flexibility index (Phi) is 3.13. The molecule has 90 valence electrons. The van der Waals surface area contributed by atoms with Crippen LogP contribution in [0.5, 0.6) is 0 Å². The van der Waals surface area contributed by atoms with Gasteiger partial charge in [-0.2, -0.15) is 0 Å². The van der Waals surface area contributed by atoms with Crippen molar-refractivity contribution >= 4 is 17.6 Å². The number of carboxylic acid groups (broad SMARTS) is 1. The predicted octanol–water partition coefficient (Wildman–Crippen LogP) is 2.15. The van der Waals surface area contributed by atoms with Crippen molar-refractivity contribution in [1.29, 1.82) is 0 Å². The number of amides is 1. The highest BCUT2D eigenvalue weighted by Gasteiger charge is 2.20. The summed E-state index contributed by atoms with van der Waals surface area (Å²) in [7, 11) is 0. The lowest BCUT2D eigenvalue weighted by molar-refractivity contribution is -0.137. The Hall–Kier alpha value is -1.84. The maximum absolute atomic E-state index is 11.2. The summed E-state index contributed by atoms with van der Waals surface area (Å²) in [6.45, 7) is 1.98. The van der Waals surface area contributed by atoms with Crippen LogP contribution in [0.3, 0.4) is 0 Å². The second-order valence-corrected chi connectivity index (χ2v) is 4.34. The van der Waals surface area contributed by atoms with Crippen molar-refractivity contribution in [3.05, 3.63) is 29.3 Å². The van der Waals surface area contributed by atoms with Gasteiger partial charge in [0.2, 0.25) is 5.91 Å². The Morgan fingerprint density at radius 1 is 1.53 bits per heavy atom. The van der Waals surface area contributed by atoms with E-state index in [-0.39, 0.29) is 18.2 Å². The molecule has 4 heteroatoms. The minimum absolute atomic E-state index is 0.00318. The molecular weight excluding hydrogens is 218 g/mol. The molecule has 0 saturated heterocycles. The number of carboxylic acids is 1. The maximum atomic E-state index is 11.2. The Labute approximate surface area is 99.6 Å². The van der Waals surface area contributed by atoms with Crippen LogP contribution in [0.2, 0.25) is 0 Å². The first-order valence-corrected chi connectivity index (χ1v) is 5.74. The van der Waals surface area contributed by atoms with Gasteiger partial charge in [0.25, 0.3) is 0 Å². The van der Waals surface area contributed by atoms with Crippen molar-refractivity contribution in [2.45, 2.75) is 32.1 Å². The van der Waals surface area contributed by atoms with E-state index >= 15 is 0 Å². The van der Waals surface area contributed by atoms with Gasteiger partial charge < -0.3 is 10.4 Å². The molecule has 0 radical (unpaired) electrons. The molecule has 17 heavy (non-hydrogen) atoms. The van der Waals surface area contributed by atoms with Crippen molar-refractivity contribution in [2.75, 3.05) is 5.32 Å². The summed E-state index contributed by atoms with van der Waals surface area (Å²) in [5.41, 5.74) is 2.82. The fourth-order valence-corrected chi connectivity index (χ4v) is 2.21. The fraction of sp³-hybridized carbons (Fsp3) is 0.385. The summed E-state index contributed by atoms with van der Waals surface area (Å²) in [5, 5.41) is 11.6. The number of carbonyl (C=O) groups excluding carboxylic acids is 1. The average molecular weight is 233 g/mol. The van der Waals surface area contributed by atoms with Gasteiger partial charge in [-0.1, -0.05) is 19.1 Å². The summed E-state index contributed by atoms with van der Waals surface area (Å²) < 4.78 is 0. The molecule has 0 fully saturated rings. The quantitative estimate of drug-likeness (QED) is 0.837. The van der Waals surface area contributed by atoms with E-state index < -0.39 is 5.97 Å². The zero-order valence-corrected chi connectivity index (χ0v) is 9.69. The first kappa shape index (κ1) is 11.6. The topological polar surface area (TPSA) is 66.4 Å². The number of carbonyl (C=O) groups is 2. The van der Waals surface area contributed by atoms with E-state index in [2.05, 4.69) is 5.32 Å². The molecule has 1 aromatic carbocycles. The highest BCUT2D eigenvalue weighted by molar-refractivity contribution is 5.99. The first-order valence-electron chi connectivity index (χ1n) is 5.74. The molecule has 2 N–H and O–H groups in total. The Balaban J connectivity index is 2.24. The fourth-order valence-electron chi connectivity index (χ4n) is 2.21. The third-order valence-electron chi connectivity index (χ3n) is 3.14. The van der Waals surface area contributed by atoms with Crippen LogP contribution in [-0.4, -0.2) is 17.0 Å². The standard InChI is InChI=1S/C13H15NO3/c1-2-8(7-13(16)17)9-3-4-11-10(5-9)6-12(15)14-11/h3-5,8H,2,6-7H2,1H3,(H,14,15)(H,16,17). The molecule has 1 aliphatic heterocycles. The van der Waals surface area contributed by atoms with Crippen LogP contribution in [0.25, 0.3) is 0 Å². The molecule has 1 heterocycles. The van der Waals surface area contributed by atoms with Crippen LogP contribution in [0.1, 0.15) is 36.8 Å². The van der Waals surface area contributed by atoms with Gasteiger partial charge in [-0.05, 0) is 29.5 Å². The molecule has 2 rings (SSSR count). The summed E-state index contributed by atoms with van der Waals surface area (Å²) in [4.78, 5) is 22.0. The Bertz CT molecular complexity index is 468. The molecule has 0 bridgehead atoms. The number of rotatable bonds is 4. The van der Waals surface area contributed by atoms with Crippen LogP contribution in [-0.2, 0) is 16.0 Å². The van der Waals surface area contributed by atoms with Gasteiger partial charge in [0.15, 0.2) is 0 Å². The van der Waals surface area contributed by atoms with Gasteiger partial charge in [0.05, 0.1) is 12.8 Å². The number of hydrogen-bond donors (Lipinski definition) is 2. The van der Waals surface area contributed by atoms with Gasteiger partial charge in [0, 0.05) is 5.69 Å². The lowest BCUT2D eigenvalue weighted by Crippen LogP contribution is -2.05. The lowest BCUT2D eigenvalue weighted by atomic mass is 9.91. The van der Waals surface area contributed by atoms with Crippen LogP contribution in [0.4, 0.5) is 5.69 Å². The summed E-state index contributed by atoms with van der Waals surface area (Å²) in [6.07, 6.45) is 1.32. The molecule has 4 nitrogen and oxygen atoms in total. The Morgan fingerprint density at radius 3 is 2.94 bits per heavy atom. The molecule has 0 aromatic heterocycles. The molecule has 1 unspecified atom stereocenters. The van der Waals surface area contributed by atoms with E-state index in [4.69, 9.17) is 5.11 Å². The Morgan fingerprint density at radius 2 is 2.29 bits per heavy atom. The van der Waals surface area contributed by atoms with Crippen molar-refractivity contribution in [1.82, 2.24) is 0 Å². The second kappa shape index (κ2) is 4.57. The number of fused-ring (bicyclic) bond motifs is 1. The SMILES string of the molecule is CCC(CC(=O)O)c1ccc2c(c1)CC(=O)N2. The number of aliphatic carboxylic acids is 1. The van der Waals surface area contributed by atoms with E-state index in [9.17, 15) is 9.59 Å². The average Bonchev–Trinajstić information content (AvgIpc) is 2.64. The van der Waals surface area contributed by atoms with Gasteiger partial charge in [-0.15, -0.1) is 0 Å². The van der Waals surface area contributed by atoms with Crippen molar-refractivity contribution in [3.63, 3.8) is 0 Å². The molecule has 1 atom stereocenters. The minimum Gasteiger partial charge on any atom is -0.481 e. The smallest absolute Gasteiger partial charge is 0.303 e. The van der Waals surface area contributed by atoms with Crippen LogP contribution in [0.15, 0.2) is 18.2 Å². The zero-order chi connectivity index (χ0) is 12.4. The van der Waals surface area contributed by atoms with Gasteiger partial charge in [-0.3, -0.25) is 9.59 Å². The number of nitrogens with one attached hydrogen (secondary N) is 1.